The van der Waals surface area contributed by atoms with E-state index in [1.807, 2.05) is 26.8 Å². The van der Waals surface area contributed by atoms with Crippen molar-refractivity contribution in [1.29, 1.82) is 0 Å². The highest BCUT2D eigenvalue weighted by molar-refractivity contribution is 14.0. The third kappa shape index (κ3) is 6.93. The van der Waals surface area contributed by atoms with Gasteiger partial charge in [0.05, 0.1) is 18.0 Å². The van der Waals surface area contributed by atoms with Crippen molar-refractivity contribution in [3.05, 3.63) is 53.0 Å². The first-order valence-corrected chi connectivity index (χ1v) is 11.3. The maximum Gasteiger partial charge on any atom is 0.242 e. The molecule has 0 aliphatic carbocycles. The number of nitrogens with one attached hydrogen (secondary N) is 2. The zero-order chi connectivity index (χ0) is 22.5. The van der Waals surface area contributed by atoms with Crippen LogP contribution >= 0.6 is 24.0 Å². The minimum Gasteiger partial charge on any atom is -0.466 e. The number of guanidine groups is 1. The first kappa shape index (κ1) is 27.4. The Hall–Kier alpha value is -1.63. The van der Waals surface area contributed by atoms with Gasteiger partial charge in [-0.1, -0.05) is 18.2 Å². The van der Waals surface area contributed by atoms with Gasteiger partial charge in [0.2, 0.25) is 10.0 Å². The van der Waals surface area contributed by atoms with Crippen molar-refractivity contribution in [2.45, 2.75) is 44.7 Å². The van der Waals surface area contributed by atoms with E-state index in [0.717, 1.165) is 5.76 Å². The second-order valence-corrected chi connectivity index (χ2v) is 9.66. The Morgan fingerprint density at radius 1 is 1.23 bits per heavy atom. The second kappa shape index (κ2) is 11.3. The molecule has 0 bridgehead atoms. The summed E-state index contributed by atoms with van der Waals surface area (Å²) in [6.45, 7) is 8.29. The molecule has 0 amide bonds. The fourth-order valence-corrected chi connectivity index (χ4v) is 4.21. The summed E-state index contributed by atoms with van der Waals surface area (Å²) < 4.78 is 31.9. The molecule has 2 aromatic rings. The molecule has 10 heteroatoms. The number of rotatable bonds is 8. The Bertz CT molecular complexity index is 1000. The second-order valence-electron chi connectivity index (χ2n) is 7.54. The van der Waals surface area contributed by atoms with Gasteiger partial charge in [-0.05, 0) is 45.4 Å². The van der Waals surface area contributed by atoms with Gasteiger partial charge in [0, 0.05) is 26.2 Å². The lowest BCUT2D eigenvalue weighted by Gasteiger charge is -2.24. The summed E-state index contributed by atoms with van der Waals surface area (Å²) in [6, 6.07) is 8.63. The third-order valence-corrected chi connectivity index (χ3v) is 6.62. The number of furan rings is 1. The minimum atomic E-state index is -3.57. The Balaban J connectivity index is 0.00000480. The number of halogens is 1. The molecule has 0 saturated heterocycles. The molecule has 0 aliphatic rings. The summed E-state index contributed by atoms with van der Waals surface area (Å²) >= 11 is 0. The standard InChI is InChI=1S/C21H32N4O4S.HI/c1-7-22-20(24-14-21(4,26)18-12-15(2)29-16(18)3)23-13-17-10-8-9-11-19(17)30(27,28)25(5)6;/h8-12,26H,7,13-14H2,1-6H3,(H2,22,23,24);1H. The highest BCUT2D eigenvalue weighted by Crippen LogP contribution is 2.26. The number of sulfonamides is 1. The molecule has 0 spiro atoms. The lowest BCUT2D eigenvalue weighted by molar-refractivity contribution is 0.0601. The quantitative estimate of drug-likeness (QED) is 0.259. The number of benzene rings is 1. The molecule has 174 valence electrons. The number of aliphatic hydroxyl groups is 1. The summed E-state index contributed by atoms with van der Waals surface area (Å²) in [5, 5.41) is 17.2. The van der Waals surface area contributed by atoms with Gasteiger partial charge < -0.3 is 20.2 Å². The van der Waals surface area contributed by atoms with Gasteiger partial charge in [0.1, 0.15) is 17.1 Å². The van der Waals surface area contributed by atoms with Crippen molar-refractivity contribution in [2.75, 3.05) is 27.2 Å². The van der Waals surface area contributed by atoms with E-state index in [1.54, 1.807) is 31.2 Å². The molecule has 8 nitrogen and oxygen atoms in total. The molecule has 0 fully saturated rings. The average Bonchev–Trinajstić information content (AvgIpc) is 3.03. The van der Waals surface area contributed by atoms with Crippen molar-refractivity contribution in [3.8, 4) is 0 Å². The van der Waals surface area contributed by atoms with Gasteiger partial charge in [-0.3, -0.25) is 0 Å². The van der Waals surface area contributed by atoms with Crippen LogP contribution in [-0.2, 0) is 22.2 Å². The molecule has 1 unspecified atom stereocenters. The summed E-state index contributed by atoms with van der Waals surface area (Å²) in [5.74, 6) is 1.89. The van der Waals surface area contributed by atoms with Crippen LogP contribution in [0.25, 0.3) is 0 Å². The highest BCUT2D eigenvalue weighted by atomic mass is 127. The average molecular weight is 564 g/mol. The SMILES string of the molecule is CCNC(=NCc1ccccc1S(=O)(=O)N(C)C)NCC(C)(O)c1cc(C)oc1C.I. The Morgan fingerprint density at radius 3 is 2.42 bits per heavy atom. The fraction of sp³-hybridized carbons (Fsp3) is 0.476. The van der Waals surface area contributed by atoms with Gasteiger partial charge in [-0.15, -0.1) is 24.0 Å². The van der Waals surface area contributed by atoms with Crippen LogP contribution in [0.2, 0.25) is 0 Å². The molecular weight excluding hydrogens is 531 g/mol. The zero-order valence-corrected chi connectivity index (χ0v) is 22.0. The molecule has 2 rings (SSSR count). The number of nitrogens with zero attached hydrogens (tertiary/aromatic N) is 2. The molecule has 1 atom stereocenters. The van der Waals surface area contributed by atoms with Gasteiger partial charge >= 0.3 is 0 Å². The molecule has 0 aliphatic heterocycles. The van der Waals surface area contributed by atoms with Crippen molar-refractivity contribution in [2.24, 2.45) is 4.99 Å². The molecule has 1 aromatic carbocycles. The summed E-state index contributed by atoms with van der Waals surface area (Å²) in [4.78, 5) is 4.75. The van der Waals surface area contributed by atoms with Crippen molar-refractivity contribution < 1.29 is 17.9 Å². The molecule has 31 heavy (non-hydrogen) atoms. The lowest BCUT2D eigenvalue weighted by atomic mass is 9.96. The molecule has 1 heterocycles. The molecule has 1 aromatic heterocycles. The van der Waals surface area contributed by atoms with Crippen LogP contribution in [0.4, 0.5) is 0 Å². The summed E-state index contributed by atoms with van der Waals surface area (Å²) in [7, 11) is -0.564. The van der Waals surface area contributed by atoms with E-state index in [1.165, 1.54) is 18.4 Å². The van der Waals surface area contributed by atoms with Crippen LogP contribution in [0, 0.1) is 13.8 Å². The zero-order valence-electron chi connectivity index (χ0n) is 18.9. The normalized spacial score (nSPS) is 14.1. The van der Waals surface area contributed by atoms with Crippen LogP contribution in [0.15, 0.2) is 44.6 Å². The Kier molecular flexibility index (Phi) is 9.99. The number of aryl methyl sites for hydroxylation is 2. The van der Waals surface area contributed by atoms with Crippen LogP contribution in [0.5, 0.6) is 0 Å². The van der Waals surface area contributed by atoms with E-state index >= 15 is 0 Å². The van der Waals surface area contributed by atoms with Gasteiger partial charge in [-0.25, -0.2) is 17.7 Å². The van der Waals surface area contributed by atoms with Gasteiger partial charge in [-0.2, -0.15) is 0 Å². The number of aliphatic imine (C=N–C) groups is 1. The Morgan fingerprint density at radius 2 is 1.87 bits per heavy atom. The highest BCUT2D eigenvalue weighted by Gasteiger charge is 2.28. The van der Waals surface area contributed by atoms with E-state index in [0.29, 0.717) is 29.4 Å². The van der Waals surface area contributed by atoms with E-state index in [-0.39, 0.29) is 42.0 Å². The fourth-order valence-electron chi connectivity index (χ4n) is 3.11. The van der Waals surface area contributed by atoms with E-state index < -0.39 is 15.6 Å². The largest absolute Gasteiger partial charge is 0.466 e. The number of hydrogen-bond donors (Lipinski definition) is 3. The van der Waals surface area contributed by atoms with Gasteiger partial charge in [0.25, 0.3) is 0 Å². The van der Waals surface area contributed by atoms with Crippen molar-refractivity contribution in [3.63, 3.8) is 0 Å². The molecule has 0 radical (unpaired) electrons. The summed E-state index contributed by atoms with van der Waals surface area (Å²) in [6.07, 6.45) is 0. The first-order valence-electron chi connectivity index (χ1n) is 9.81. The van der Waals surface area contributed by atoms with Crippen LogP contribution in [0.1, 0.15) is 36.5 Å². The molecule has 0 saturated carbocycles. The van der Waals surface area contributed by atoms with Crippen molar-refractivity contribution >= 4 is 40.0 Å². The Labute approximate surface area is 202 Å². The minimum absolute atomic E-state index is 0. The van der Waals surface area contributed by atoms with E-state index in [9.17, 15) is 13.5 Å². The predicted molar refractivity (Wildman–Crippen MR) is 133 cm³/mol. The molecular formula is C21H33IN4O4S. The van der Waals surface area contributed by atoms with Crippen LogP contribution < -0.4 is 10.6 Å². The maximum absolute atomic E-state index is 12.6. The van der Waals surface area contributed by atoms with Crippen LogP contribution in [-0.4, -0.2) is 51.0 Å². The van der Waals surface area contributed by atoms with E-state index in [4.69, 9.17) is 4.42 Å². The topological polar surface area (TPSA) is 107 Å². The van der Waals surface area contributed by atoms with Gasteiger partial charge in [0.15, 0.2) is 5.96 Å². The lowest BCUT2D eigenvalue weighted by Crippen LogP contribution is -2.44. The van der Waals surface area contributed by atoms with Crippen molar-refractivity contribution in [1.82, 2.24) is 14.9 Å². The third-order valence-electron chi connectivity index (χ3n) is 4.70. The maximum atomic E-state index is 12.6. The monoisotopic (exact) mass is 564 g/mol. The number of hydrogen-bond acceptors (Lipinski definition) is 5. The summed E-state index contributed by atoms with van der Waals surface area (Å²) in [5.41, 5.74) is 0.145. The van der Waals surface area contributed by atoms with E-state index in [2.05, 4.69) is 15.6 Å². The predicted octanol–water partition coefficient (Wildman–Crippen LogP) is 2.73. The first-order chi connectivity index (χ1) is 14.0. The molecule has 3 N–H and O–H groups in total. The van der Waals surface area contributed by atoms with Crippen LogP contribution in [0.3, 0.4) is 0 Å². The smallest absolute Gasteiger partial charge is 0.242 e.